The van der Waals surface area contributed by atoms with Gasteiger partial charge in [-0.25, -0.2) is 0 Å². The SMILES string of the molecule is O=C(N[C@H]1C[C@H]2C(=O)N[C@@H](CO)C(=O)N2C1)c1ccccc1. The topological polar surface area (TPSA) is 98.7 Å². The number of nitrogens with zero attached hydrogens (tertiary/aromatic N) is 1. The van der Waals surface area contributed by atoms with Gasteiger partial charge in [-0.1, -0.05) is 18.2 Å². The van der Waals surface area contributed by atoms with Gasteiger partial charge in [-0.2, -0.15) is 0 Å². The summed E-state index contributed by atoms with van der Waals surface area (Å²) in [6.45, 7) is -0.138. The van der Waals surface area contributed by atoms with Gasteiger partial charge in [0.05, 0.1) is 6.61 Å². The minimum Gasteiger partial charge on any atom is -0.394 e. The number of nitrogens with one attached hydrogen (secondary N) is 2. The van der Waals surface area contributed by atoms with Crippen LogP contribution in [0.3, 0.4) is 0 Å². The van der Waals surface area contributed by atoms with Gasteiger partial charge in [-0.05, 0) is 18.6 Å². The summed E-state index contributed by atoms with van der Waals surface area (Å²) in [5.41, 5.74) is 0.538. The molecule has 1 aromatic carbocycles. The van der Waals surface area contributed by atoms with Crippen molar-refractivity contribution in [2.75, 3.05) is 13.2 Å². The summed E-state index contributed by atoms with van der Waals surface area (Å²) < 4.78 is 0. The third kappa shape index (κ3) is 2.55. The molecule has 0 unspecified atom stereocenters. The fraction of sp³-hybridized carbons (Fsp3) is 0.400. The Labute approximate surface area is 127 Å². The van der Waals surface area contributed by atoms with E-state index in [-0.39, 0.29) is 30.3 Å². The van der Waals surface area contributed by atoms with Crippen LogP contribution in [-0.2, 0) is 9.59 Å². The van der Waals surface area contributed by atoms with Crippen LogP contribution >= 0.6 is 0 Å². The predicted molar refractivity (Wildman–Crippen MR) is 76.8 cm³/mol. The summed E-state index contributed by atoms with van der Waals surface area (Å²) in [6.07, 6.45) is 0.383. The summed E-state index contributed by atoms with van der Waals surface area (Å²) in [5, 5.41) is 14.5. The van der Waals surface area contributed by atoms with E-state index in [2.05, 4.69) is 10.6 Å². The Morgan fingerprint density at radius 3 is 2.73 bits per heavy atom. The number of carbonyl (C=O) groups excluding carboxylic acids is 3. The fourth-order valence-corrected chi connectivity index (χ4v) is 2.94. The highest BCUT2D eigenvalue weighted by Gasteiger charge is 2.46. The molecule has 2 heterocycles. The molecule has 2 saturated heterocycles. The minimum atomic E-state index is -0.882. The second kappa shape index (κ2) is 5.76. The molecule has 3 rings (SSSR count). The maximum Gasteiger partial charge on any atom is 0.251 e. The number of fused-ring (bicyclic) bond motifs is 1. The summed E-state index contributed by atoms with van der Waals surface area (Å²) in [5.74, 6) is -0.810. The van der Waals surface area contributed by atoms with Gasteiger partial charge >= 0.3 is 0 Å². The van der Waals surface area contributed by atoms with E-state index in [0.29, 0.717) is 12.0 Å². The Morgan fingerprint density at radius 2 is 2.05 bits per heavy atom. The lowest BCUT2D eigenvalue weighted by Gasteiger charge is -2.33. The number of benzene rings is 1. The van der Waals surface area contributed by atoms with Crippen LogP contribution in [0.15, 0.2) is 30.3 Å². The largest absolute Gasteiger partial charge is 0.394 e. The molecule has 0 aliphatic carbocycles. The summed E-state index contributed by atoms with van der Waals surface area (Å²) in [6, 6.07) is 7.05. The van der Waals surface area contributed by atoms with Gasteiger partial charge in [-0.3, -0.25) is 14.4 Å². The third-order valence-electron chi connectivity index (χ3n) is 4.06. The molecule has 3 atom stereocenters. The molecule has 0 radical (unpaired) electrons. The first-order valence-electron chi connectivity index (χ1n) is 7.18. The molecule has 7 heteroatoms. The summed E-state index contributed by atoms with van der Waals surface area (Å²) in [7, 11) is 0. The van der Waals surface area contributed by atoms with E-state index in [1.165, 1.54) is 4.90 Å². The minimum absolute atomic E-state index is 0.225. The van der Waals surface area contributed by atoms with Crippen molar-refractivity contribution >= 4 is 17.7 Å². The predicted octanol–water partition coefficient (Wildman–Crippen LogP) is -1.12. The van der Waals surface area contributed by atoms with Crippen LogP contribution in [0, 0.1) is 0 Å². The number of aliphatic hydroxyl groups is 1. The molecule has 2 aliphatic rings. The maximum absolute atomic E-state index is 12.1. The Morgan fingerprint density at radius 1 is 1.32 bits per heavy atom. The van der Waals surface area contributed by atoms with E-state index in [1.54, 1.807) is 24.3 Å². The van der Waals surface area contributed by atoms with E-state index in [1.807, 2.05) is 6.07 Å². The third-order valence-corrected chi connectivity index (χ3v) is 4.06. The highest BCUT2D eigenvalue weighted by Crippen LogP contribution is 2.22. The second-order valence-corrected chi connectivity index (χ2v) is 5.52. The number of hydrogen-bond donors (Lipinski definition) is 3. The monoisotopic (exact) mass is 303 g/mol. The lowest BCUT2D eigenvalue weighted by atomic mass is 10.1. The van der Waals surface area contributed by atoms with Crippen molar-refractivity contribution in [3.05, 3.63) is 35.9 Å². The number of piperazine rings is 1. The Bertz CT molecular complexity index is 604. The fourth-order valence-electron chi connectivity index (χ4n) is 2.94. The van der Waals surface area contributed by atoms with Gasteiger partial charge in [-0.15, -0.1) is 0 Å². The average molecular weight is 303 g/mol. The van der Waals surface area contributed by atoms with E-state index in [4.69, 9.17) is 5.11 Å². The molecule has 3 amide bonds. The molecule has 1 aromatic rings. The van der Waals surface area contributed by atoms with E-state index < -0.39 is 18.7 Å². The molecule has 0 spiro atoms. The molecular weight excluding hydrogens is 286 g/mol. The van der Waals surface area contributed by atoms with Gasteiger partial charge < -0.3 is 20.6 Å². The summed E-state index contributed by atoms with van der Waals surface area (Å²) >= 11 is 0. The van der Waals surface area contributed by atoms with Gasteiger partial charge in [0.25, 0.3) is 5.91 Å². The van der Waals surface area contributed by atoms with E-state index >= 15 is 0 Å². The van der Waals surface area contributed by atoms with Crippen LogP contribution in [0.25, 0.3) is 0 Å². The van der Waals surface area contributed by atoms with Crippen molar-refractivity contribution in [1.82, 2.24) is 15.5 Å². The highest BCUT2D eigenvalue weighted by molar-refractivity contribution is 5.98. The van der Waals surface area contributed by atoms with Crippen molar-refractivity contribution in [3.63, 3.8) is 0 Å². The molecule has 22 heavy (non-hydrogen) atoms. The van der Waals surface area contributed by atoms with Gasteiger partial charge in [0, 0.05) is 18.2 Å². The molecule has 116 valence electrons. The zero-order chi connectivity index (χ0) is 15.7. The molecule has 3 N–H and O–H groups in total. The Hall–Kier alpha value is -2.41. The Kier molecular flexibility index (Phi) is 3.81. The van der Waals surface area contributed by atoms with Gasteiger partial charge in [0.2, 0.25) is 11.8 Å². The number of carbonyl (C=O) groups is 3. The smallest absolute Gasteiger partial charge is 0.251 e. The number of amides is 3. The van der Waals surface area contributed by atoms with Crippen LogP contribution in [0.2, 0.25) is 0 Å². The first-order chi connectivity index (χ1) is 10.6. The standard InChI is InChI=1S/C15H17N3O4/c19-8-11-15(22)18-7-10(6-12(18)14(21)17-11)16-13(20)9-4-2-1-3-5-9/h1-5,10-12,19H,6-8H2,(H,16,20)(H,17,21)/t10-,11-,12-/m0/s1. The number of hydrogen-bond acceptors (Lipinski definition) is 4. The first kappa shape index (κ1) is 14.5. The van der Waals surface area contributed by atoms with Gasteiger partial charge in [0.15, 0.2) is 0 Å². The maximum atomic E-state index is 12.1. The van der Waals surface area contributed by atoms with Crippen LogP contribution in [0.4, 0.5) is 0 Å². The van der Waals surface area contributed by atoms with Crippen molar-refractivity contribution in [2.45, 2.75) is 24.5 Å². The van der Waals surface area contributed by atoms with Crippen LogP contribution in [-0.4, -0.2) is 59.0 Å². The molecular formula is C15H17N3O4. The molecule has 2 aliphatic heterocycles. The lowest BCUT2D eigenvalue weighted by Crippen LogP contribution is -2.62. The lowest BCUT2D eigenvalue weighted by molar-refractivity contribution is -0.148. The molecule has 0 aromatic heterocycles. The molecule has 7 nitrogen and oxygen atoms in total. The quantitative estimate of drug-likeness (QED) is 0.658. The summed E-state index contributed by atoms with van der Waals surface area (Å²) in [4.78, 5) is 37.7. The zero-order valence-corrected chi connectivity index (χ0v) is 11.9. The number of rotatable bonds is 3. The van der Waals surface area contributed by atoms with Crippen LogP contribution < -0.4 is 10.6 Å². The van der Waals surface area contributed by atoms with Crippen molar-refractivity contribution in [2.24, 2.45) is 0 Å². The van der Waals surface area contributed by atoms with Crippen molar-refractivity contribution in [3.8, 4) is 0 Å². The van der Waals surface area contributed by atoms with Crippen LogP contribution in [0.5, 0.6) is 0 Å². The van der Waals surface area contributed by atoms with E-state index in [0.717, 1.165) is 0 Å². The molecule has 0 bridgehead atoms. The Balaban J connectivity index is 1.68. The van der Waals surface area contributed by atoms with Crippen LogP contribution in [0.1, 0.15) is 16.8 Å². The highest BCUT2D eigenvalue weighted by atomic mass is 16.3. The number of aliphatic hydroxyl groups excluding tert-OH is 1. The second-order valence-electron chi connectivity index (χ2n) is 5.52. The van der Waals surface area contributed by atoms with Crippen molar-refractivity contribution < 1.29 is 19.5 Å². The zero-order valence-electron chi connectivity index (χ0n) is 11.9. The van der Waals surface area contributed by atoms with Crippen molar-refractivity contribution in [1.29, 1.82) is 0 Å². The first-order valence-corrected chi connectivity index (χ1v) is 7.18. The normalized spacial score (nSPS) is 27.3. The molecule has 2 fully saturated rings. The molecule has 0 saturated carbocycles. The van der Waals surface area contributed by atoms with Gasteiger partial charge in [0.1, 0.15) is 12.1 Å². The van der Waals surface area contributed by atoms with E-state index in [9.17, 15) is 14.4 Å². The average Bonchev–Trinajstić information content (AvgIpc) is 2.96.